The van der Waals surface area contributed by atoms with Crippen molar-refractivity contribution in [1.29, 1.82) is 5.26 Å². The fraction of sp³-hybridized carbons (Fsp3) is 0.167. The first-order chi connectivity index (χ1) is 8.72. The Hall–Kier alpha value is -2.68. The smallest absolute Gasteiger partial charge is 0.252 e. The number of ketones is 1. The number of ether oxygens (including phenoxy) is 1. The van der Waals surface area contributed by atoms with Crippen LogP contribution in [0.4, 0.5) is 0 Å². The van der Waals surface area contributed by atoms with Gasteiger partial charge >= 0.3 is 0 Å². The monoisotopic (exact) mass is 242 g/mol. The molecule has 0 aliphatic carbocycles. The molecule has 0 spiro atoms. The summed E-state index contributed by atoms with van der Waals surface area (Å²) in [5.74, 6) is 0.642. The molecule has 0 aliphatic rings. The third-order valence-electron chi connectivity index (χ3n) is 2.35. The normalized spacial score (nSPS) is 9.78. The SMILES string of the molecule is COc1ccc(C(=O)Cn2cnc(C#N)n2)cc1. The van der Waals surface area contributed by atoms with Crippen molar-refractivity contribution in [3.63, 3.8) is 0 Å². The molecule has 0 N–H and O–H groups in total. The lowest BCUT2D eigenvalue weighted by Crippen LogP contribution is -2.11. The molecular weight excluding hydrogens is 232 g/mol. The quantitative estimate of drug-likeness (QED) is 0.748. The summed E-state index contributed by atoms with van der Waals surface area (Å²) in [7, 11) is 1.57. The molecule has 0 aliphatic heterocycles. The second kappa shape index (κ2) is 5.10. The van der Waals surface area contributed by atoms with Gasteiger partial charge in [-0.15, -0.1) is 5.10 Å². The minimum Gasteiger partial charge on any atom is -0.497 e. The van der Waals surface area contributed by atoms with Crippen LogP contribution in [0.5, 0.6) is 5.75 Å². The molecule has 0 saturated carbocycles. The lowest BCUT2D eigenvalue weighted by Gasteiger charge is -2.02. The van der Waals surface area contributed by atoms with Crippen molar-refractivity contribution < 1.29 is 9.53 Å². The van der Waals surface area contributed by atoms with E-state index in [0.29, 0.717) is 11.3 Å². The zero-order valence-electron chi connectivity index (χ0n) is 9.70. The van der Waals surface area contributed by atoms with Crippen LogP contribution in [0.15, 0.2) is 30.6 Å². The Labute approximate surface area is 103 Å². The first-order valence-corrected chi connectivity index (χ1v) is 5.19. The third kappa shape index (κ3) is 2.52. The number of methoxy groups -OCH3 is 1. The number of hydrogen-bond donors (Lipinski definition) is 0. The first kappa shape index (κ1) is 11.8. The van der Waals surface area contributed by atoms with E-state index in [-0.39, 0.29) is 18.2 Å². The van der Waals surface area contributed by atoms with Gasteiger partial charge in [0.25, 0.3) is 5.82 Å². The molecule has 6 nitrogen and oxygen atoms in total. The predicted octanol–water partition coefficient (Wildman–Crippen LogP) is 1.04. The molecule has 0 saturated heterocycles. The van der Waals surface area contributed by atoms with Crippen molar-refractivity contribution in [2.45, 2.75) is 6.54 Å². The van der Waals surface area contributed by atoms with Crippen molar-refractivity contribution in [2.24, 2.45) is 0 Å². The van der Waals surface area contributed by atoms with Crippen LogP contribution in [0.2, 0.25) is 0 Å². The zero-order chi connectivity index (χ0) is 13.0. The molecule has 0 amide bonds. The van der Waals surface area contributed by atoms with Gasteiger partial charge in [0, 0.05) is 5.56 Å². The van der Waals surface area contributed by atoms with Crippen molar-refractivity contribution >= 4 is 5.78 Å². The Morgan fingerprint density at radius 1 is 1.44 bits per heavy atom. The third-order valence-corrected chi connectivity index (χ3v) is 2.35. The number of hydrogen-bond acceptors (Lipinski definition) is 5. The van der Waals surface area contributed by atoms with Gasteiger partial charge in [-0.05, 0) is 24.3 Å². The Morgan fingerprint density at radius 3 is 2.72 bits per heavy atom. The highest BCUT2D eigenvalue weighted by molar-refractivity contribution is 5.95. The summed E-state index contributed by atoms with van der Waals surface area (Å²) in [5, 5.41) is 12.4. The predicted molar refractivity (Wildman–Crippen MR) is 62.1 cm³/mol. The van der Waals surface area contributed by atoms with Crippen LogP contribution >= 0.6 is 0 Å². The highest BCUT2D eigenvalue weighted by Gasteiger charge is 2.08. The minimum absolute atomic E-state index is 0.0533. The number of carbonyl (C=O) groups is 1. The molecule has 6 heteroatoms. The van der Waals surface area contributed by atoms with Crippen LogP contribution in [0.3, 0.4) is 0 Å². The molecule has 0 bridgehead atoms. The van der Waals surface area contributed by atoms with E-state index < -0.39 is 0 Å². The molecule has 90 valence electrons. The number of nitrogens with zero attached hydrogens (tertiary/aromatic N) is 4. The molecule has 0 unspecified atom stereocenters. The van der Waals surface area contributed by atoms with Gasteiger partial charge in [0.2, 0.25) is 0 Å². The lowest BCUT2D eigenvalue weighted by molar-refractivity contribution is 0.0967. The van der Waals surface area contributed by atoms with E-state index in [9.17, 15) is 4.79 Å². The molecule has 0 atom stereocenters. The molecule has 1 heterocycles. The second-order valence-electron chi connectivity index (χ2n) is 3.53. The van der Waals surface area contributed by atoms with Crippen LogP contribution in [0.25, 0.3) is 0 Å². The van der Waals surface area contributed by atoms with Crippen LogP contribution in [-0.4, -0.2) is 27.7 Å². The van der Waals surface area contributed by atoms with E-state index in [0.717, 1.165) is 0 Å². The first-order valence-electron chi connectivity index (χ1n) is 5.19. The Bertz CT molecular complexity index is 595. The topological polar surface area (TPSA) is 80.8 Å². The molecular formula is C12H10N4O2. The Kier molecular flexibility index (Phi) is 3.34. The number of aromatic nitrogens is 3. The van der Waals surface area contributed by atoms with Crippen molar-refractivity contribution in [1.82, 2.24) is 14.8 Å². The van der Waals surface area contributed by atoms with E-state index in [1.54, 1.807) is 37.4 Å². The highest BCUT2D eigenvalue weighted by Crippen LogP contribution is 2.12. The summed E-state index contributed by atoms with van der Waals surface area (Å²) in [6.07, 6.45) is 1.36. The van der Waals surface area contributed by atoms with Crippen LogP contribution in [0.1, 0.15) is 16.2 Å². The van der Waals surface area contributed by atoms with Crippen LogP contribution in [-0.2, 0) is 6.54 Å². The molecule has 18 heavy (non-hydrogen) atoms. The van der Waals surface area contributed by atoms with Gasteiger partial charge in [-0.2, -0.15) is 5.26 Å². The molecule has 1 aromatic heterocycles. The molecule has 1 aromatic carbocycles. The maximum atomic E-state index is 11.9. The van der Waals surface area contributed by atoms with Crippen molar-refractivity contribution in [3.05, 3.63) is 42.0 Å². The largest absolute Gasteiger partial charge is 0.497 e. The minimum atomic E-state index is -0.105. The fourth-order valence-corrected chi connectivity index (χ4v) is 1.44. The Morgan fingerprint density at radius 2 is 2.17 bits per heavy atom. The number of carbonyl (C=O) groups excluding carboxylic acids is 1. The van der Waals surface area contributed by atoms with Gasteiger partial charge < -0.3 is 4.74 Å². The van der Waals surface area contributed by atoms with E-state index in [1.807, 2.05) is 0 Å². The molecule has 2 rings (SSSR count). The molecule has 0 radical (unpaired) electrons. The maximum absolute atomic E-state index is 11.9. The summed E-state index contributed by atoms with van der Waals surface area (Å²) >= 11 is 0. The van der Waals surface area contributed by atoms with E-state index in [2.05, 4.69) is 10.1 Å². The van der Waals surface area contributed by atoms with E-state index >= 15 is 0 Å². The van der Waals surface area contributed by atoms with Crippen molar-refractivity contribution in [2.75, 3.05) is 7.11 Å². The fourth-order valence-electron chi connectivity index (χ4n) is 1.44. The Balaban J connectivity index is 2.09. The summed E-state index contributed by atoms with van der Waals surface area (Å²) in [6.45, 7) is 0.0566. The van der Waals surface area contributed by atoms with Crippen LogP contribution < -0.4 is 4.74 Å². The number of Topliss-reactive ketones (excluding diaryl/α,β-unsaturated/α-hetero) is 1. The van der Waals surface area contributed by atoms with E-state index in [1.165, 1.54) is 11.0 Å². The summed E-state index contributed by atoms with van der Waals surface area (Å²) in [5.41, 5.74) is 0.560. The summed E-state index contributed by atoms with van der Waals surface area (Å²) in [4.78, 5) is 15.6. The van der Waals surface area contributed by atoms with Gasteiger partial charge in [0.1, 0.15) is 24.7 Å². The van der Waals surface area contributed by atoms with Gasteiger partial charge in [0.05, 0.1) is 7.11 Å². The number of benzene rings is 1. The van der Waals surface area contributed by atoms with E-state index in [4.69, 9.17) is 10.00 Å². The van der Waals surface area contributed by atoms with Crippen molar-refractivity contribution in [3.8, 4) is 11.8 Å². The second-order valence-corrected chi connectivity index (χ2v) is 3.53. The average molecular weight is 242 g/mol. The zero-order valence-corrected chi connectivity index (χ0v) is 9.70. The summed E-state index contributed by atoms with van der Waals surface area (Å²) in [6, 6.07) is 8.61. The lowest BCUT2D eigenvalue weighted by atomic mass is 10.1. The van der Waals surface area contributed by atoms with Gasteiger partial charge in [-0.1, -0.05) is 0 Å². The standard InChI is InChI=1S/C12H10N4O2/c1-18-10-4-2-9(3-5-10)11(17)7-16-8-14-12(6-13)15-16/h2-5,8H,7H2,1H3. The average Bonchev–Trinajstić information content (AvgIpc) is 2.86. The van der Waals surface area contributed by atoms with Crippen LogP contribution in [0, 0.1) is 11.3 Å². The summed E-state index contributed by atoms with van der Waals surface area (Å²) < 4.78 is 6.35. The van der Waals surface area contributed by atoms with Gasteiger partial charge in [-0.25, -0.2) is 9.67 Å². The molecule has 2 aromatic rings. The highest BCUT2D eigenvalue weighted by atomic mass is 16.5. The number of nitriles is 1. The van der Waals surface area contributed by atoms with Gasteiger partial charge in [-0.3, -0.25) is 4.79 Å². The number of rotatable bonds is 4. The maximum Gasteiger partial charge on any atom is 0.252 e. The van der Waals surface area contributed by atoms with Gasteiger partial charge in [0.15, 0.2) is 5.78 Å². The molecule has 0 fully saturated rings.